The first-order valence-corrected chi connectivity index (χ1v) is 6.28. The summed E-state index contributed by atoms with van der Waals surface area (Å²) in [6.45, 7) is 3.02. The summed E-state index contributed by atoms with van der Waals surface area (Å²) in [5.74, 6) is 0.914. The van der Waals surface area contributed by atoms with Crippen molar-refractivity contribution in [2.24, 2.45) is 5.73 Å². The molecular formula is C14H24N2O2. The lowest BCUT2D eigenvalue weighted by atomic mass is 10.0. The molecule has 0 bridgehead atoms. The first kappa shape index (κ1) is 15.0. The van der Waals surface area contributed by atoms with E-state index in [4.69, 9.17) is 10.5 Å². The number of nitrogens with two attached hydrogens (primary N) is 1. The fourth-order valence-electron chi connectivity index (χ4n) is 1.93. The van der Waals surface area contributed by atoms with E-state index in [1.165, 1.54) is 5.56 Å². The average Bonchev–Trinajstić information content (AvgIpc) is 2.39. The molecule has 3 N–H and O–H groups in total. The van der Waals surface area contributed by atoms with Gasteiger partial charge in [-0.1, -0.05) is 18.2 Å². The molecule has 4 heteroatoms. The molecule has 0 aliphatic heterocycles. The van der Waals surface area contributed by atoms with Crippen LogP contribution in [-0.2, 0) is 6.42 Å². The molecule has 18 heavy (non-hydrogen) atoms. The Morgan fingerprint density at radius 1 is 1.39 bits per heavy atom. The van der Waals surface area contributed by atoms with E-state index in [1.807, 2.05) is 25.2 Å². The Labute approximate surface area is 109 Å². The summed E-state index contributed by atoms with van der Waals surface area (Å²) in [5, 5.41) is 9.55. The number of methoxy groups -OCH3 is 1. The second kappa shape index (κ2) is 7.36. The molecule has 0 saturated carbocycles. The van der Waals surface area contributed by atoms with Crippen LogP contribution in [0, 0.1) is 0 Å². The van der Waals surface area contributed by atoms with Gasteiger partial charge in [0.2, 0.25) is 0 Å². The molecule has 1 rings (SSSR count). The molecule has 0 heterocycles. The lowest BCUT2D eigenvalue weighted by Crippen LogP contribution is -2.39. The van der Waals surface area contributed by atoms with E-state index in [9.17, 15) is 5.11 Å². The zero-order valence-electron chi connectivity index (χ0n) is 11.5. The Balaban J connectivity index is 2.60. The summed E-state index contributed by atoms with van der Waals surface area (Å²) >= 11 is 0. The van der Waals surface area contributed by atoms with Crippen LogP contribution in [0.1, 0.15) is 12.5 Å². The molecule has 0 fully saturated rings. The third-order valence-electron chi connectivity index (χ3n) is 3.23. The van der Waals surface area contributed by atoms with Gasteiger partial charge in [-0.2, -0.15) is 0 Å². The lowest BCUT2D eigenvalue weighted by molar-refractivity contribution is 0.113. The summed E-state index contributed by atoms with van der Waals surface area (Å²) in [6, 6.07) is 8.34. The summed E-state index contributed by atoms with van der Waals surface area (Å²) in [6.07, 6.45) is 0.424. The number of hydrogen-bond acceptors (Lipinski definition) is 4. The molecule has 0 aliphatic rings. The number of hydrogen-bond donors (Lipinski definition) is 2. The zero-order valence-corrected chi connectivity index (χ0v) is 11.5. The first-order valence-electron chi connectivity index (χ1n) is 6.28. The molecule has 1 aromatic carbocycles. The van der Waals surface area contributed by atoms with Crippen molar-refractivity contribution < 1.29 is 9.84 Å². The Kier molecular flexibility index (Phi) is 6.12. The third-order valence-corrected chi connectivity index (χ3v) is 3.23. The van der Waals surface area contributed by atoms with Crippen molar-refractivity contribution in [1.82, 2.24) is 4.90 Å². The zero-order chi connectivity index (χ0) is 13.5. The maximum Gasteiger partial charge on any atom is 0.122 e. The highest BCUT2D eigenvalue weighted by Gasteiger charge is 2.15. The van der Waals surface area contributed by atoms with Gasteiger partial charge in [0.1, 0.15) is 5.75 Å². The molecule has 0 radical (unpaired) electrons. The van der Waals surface area contributed by atoms with Gasteiger partial charge < -0.3 is 20.5 Å². The van der Waals surface area contributed by atoms with Gasteiger partial charge in [-0.3, -0.25) is 0 Å². The van der Waals surface area contributed by atoms with E-state index in [0.717, 1.165) is 12.2 Å². The van der Waals surface area contributed by atoms with Crippen LogP contribution in [0.3, 0.4) is 0 Å². The Hall–Kier alpha value is -1.10. The normalized spacial score (nSPS) is 14.6. The van der Waals surface area contributed by atoms with Crippen molar-refractivity contribution in [2.45, 2.75) is 25.5 Å². The summed E-state index contributed by atoms with van der Waals surface area (Å²) in [5.41, 5.74) is 6.60. The number of rotatable bonds is 7. The predicted octanol–water partition coefficient (Wildman–Crippen LogP) is 0.878. The van der Waals surface area contributed by atoms with Crippen molar-refractivity contribution in [2.75, 3.05) is 27.2 Å². The molecule has 4 nitrogen and oxygen atoms in total. The van der Waals surface area contributed by atoms with E-state index < -0.39 is 6.10 Å². The van der Waals surface area contributed by atoms with Crippen LogP contribution >= 0.6 is 0 Å². The van der Waals surface area contributed by atoms with Crippen LogP contribution < -0.4 is 10.5 Å². The maximum atomic E-state index is 9.55. The second-order valence-electron chi connectivity index (χ2n) is 4.69. The van der Waals surface area contributed by atoms with Crippen molar-refractivity contribution in [1.29, 1.82) is 0 Å². The SMILES string of the molecule is COc1ccccc1CC(C)N(C)CC(O)CN. The van der Waals surface area contributed by atoms with Gasteiger partial charge in [0, 0.05) is 19.1 Å². The van der Waals surface area contributed by atoms with Crippen molar-refractivity contribution in [3.05, 3.63) is 29.8 Å². The van der Waals surface area contributed by atoms with Crippen molar-refractivity contribution >= 4 is 0 Å². The van der Waals surface area contributed by atoms with Crippen molar-refractivity contribution in [3.8, 4) is 5.75 Å². The lowest BCUT2D eigenvalue weighted by Gasteiger charge is -2.27. The Morgan fingerprint density at radius 2 is 2.06 bits per heavy atom. The average molecular weight is 252 g/mol. The number of ether oxygens (including phenoxy) is 1. The second-order valence-corrected chi connectivity index (χ2v) is 4.69. The number of aliphatic hydroxyl groups is 1. The van der Waals surface area contributed by atoms with Crippen LogP contribution in [0.5, 0.6) is 5.75 Å². The van der Waals surface area contributed by atoms with Gasteiger partial charge in [-0.25, -0.2) is 0 Å². The summed E-state index contributed by atoms with van der Waals surface area (Å²) < 4.78 is 5.34. The van der Waals surface area contributed by atoms with Crippen LogP contribution in [-0.4, -0.2) is 49.4 Å². The molecule has 0 spiro atoms. The molecule has 102 valence electrons. The van der Waals surface area contributed by atoms with Crippen LogP contribution in [0.25, 0.3) is 0 Å². The molecule has 0 aliphatic carbocycles. The van der Waals surface area contributed by atoms with Gasteiger partial charge >= 0.3 is 0 Å². The van der Waals surface area contributed by atoms with Gasteiger partial charge in [0.15, 0.2) is 0 Å². The molecular weight excluding hydrogens is 228 g/mol. The fourth-order valence-corrected chi connectivity index (χ4v) is 1.93. The number of likely N-dealkylation sites (N-methyl/N-ethyl adjacent to an activating group) is 1. The van der Waals surface area contributed by atoms with E-state index in [0.29, 0.717) is 19.1 Å². The number of nitrogens with zero attached hydrogens (tertiary/aromatic N) is 1. The van der Waals surface area contributed by atoms with Gasteiger partial charge in [-0.15, -0.1) is 0 Å². The maximum absolute atomic E-state index is 9.55. The van der Waals surface area contributed by atoms with E-state index in [-0.39, 0.29) is 0 Å². The largest absolute Gasteiger partial charge is 0.496 e. The molecule has 0 aromatic heterocycles. The van der Waals surface area contributed by atoms with E-state index in [1.54, 1.807) is 7.11 Å². The number of benzene rings is 1. The highest BCUT2D eigenvalue weighted by Crippen LogP contribution is 2.20. The monoisotopic (exact) mass is 252 g/mol. The van der Waals surface area contributed by atoms with Gasteiger partial charge in [0.05, 0.1) is 13.2 Å². The number of para-hydroxylation sites is 1. The fraction of sp³-hybridized carbons (Fsp3) is 0.571. The standard InChI is InChI=1S/C14H24N2O2/c1-11(16(2)10-13(17)9-15)8-12-6-4-5-7-14(12)18-3/h4-7,11,13,17H,8-10,15H2,1-3H3. The topological polar surface area (TPSA) is 58.7 Å². The van der Waals surface area contributed by atoms with E-state index in [2.05, 4.69) is 17.9 Å². The minimum Gasteiger partial charge on any atom is -0.496 e. The minimum atomic E-state index is -0.463. The molecule has 1 aromatic rings. The molecule has 0 amide bonds. The summed E-state index contributed by atoms with van der Waals surface area (Å²) in [7, 11) is 3.68. The van der Waals surface area contributed by atoms with Crippen LogP contribution in [0.2, 0.25) is 0 Å². The Bertz CT molecular complexity index is 357. The van der Waals surface area contributed by atoms with Crippen molar-refractivity contribution in [3.63, 3.8) is 0 Å². The Morgan fingerprint density at radius 3 is 2.67 bits per heavy atom. The third kappa shape index (κ3) is 4.29. The van der Waals surface area contributed by atoms with E-state index >= 15 is 0 Å². The molecule has 2 unspecified atom stereocenters. The summed E-state index contributed by atoms with van der Waals surface area (Å²) in [4.78, 5) is 2.12. The first-order chi connectivity index (χ1) is 8.58. The van der Waals surface area contributed by atoms with Crippen LogP contribution in [0.15, 0.2) is 24.3 Å². The predicted molar refractivity (Wildman–Crippen MR) is 73.9 cm³/mol. The van der Waals surface area contributed by atoms with Gasteiger partial charge in [0.25, 0.3) is 0 Å². The molecule has 0 saturated heterocycles. The highest BCUT2D eigenvalue weighted by molar-refractivity contribution is 5.33. The highest BCUT2D eigenvalue weighted by atomic mass is 16.5. The number of aliphatic hydroxyl groups excluding tert-OH is 1. The molecule has 2 atom stereocenters. The minimum absolute atomic E-state index is 0.297. The van der Waals surface area contributed by atoms with Crippen LogP contribution in [0.4, 0.5) is 0 Å². The smallest absolute Gasteiger partial charge is 0.122 e. The quantitative estimate of drug-likeness (QED) is 0.756. The van der Waals surface area contributed by atoms with Gasteiger partial charge in [-0.05, 0) is 32.0 Å².